The summed E-state index contributed by atoms with van der Waals surface area (Å²) in [6.45, 7) is 6.67. The van der Waals surface area contributed by atoms with Crippen LogP contribution in [0, 0.1) is 0 Å². The van der Waals surface area contributed by atoms with Gasteiger partial charge in [-0.3, -0.25) is 0 Å². The summed E-state index contributed by atoms with van der Waals surface area (Å²) in [7, 11) is 0. The van der Waals surface area contributed by atoms with Crippen molar-refractivity contribution in [2.45, 2.75) is 84.1 Å². The number of unbranched alkanes of at least 4 members (excludes halogenated alkanes) is 1. The summed E-state index contributed by atoms with van der Waals surface area (Å²) < 4.78 is 0. The molecule has 2 rings (SSSR count). The molecule has 20 heavy (non-hydrogen) atoms. The van der Waals surface area contributed by atoms with Gasteiger partial charge in [-0.05, 0) is 32.2 Å². The van der Waals surface area contributed by atoms with Crippen molar-refractivity contribution in [3.05, 3.63) is 15.6 Å². The van der Waals surface area contributed by atoms with Gasteiger partial charge in [0.05, 0.1) is 10.7 Å². The van der Waals surface area contributed by atoms with Crippen molar-refractivity contribution in [2.24, 2.45) is 0 Å². The SMILES string of the molecule is CCCCNCc1sc(C2CCCCC2)nc1CCC. The van der Waals surface area contributed by atoms with Crippen molar-refractivity contribution in [3.8, 4) is 0 Å². The fourth-order valence-electron chi connectivity index (χ4n) is 3.00. The van der Waals surface area contributed by atoms with Crippen LogP contribution >= 0.6 is 11.3 Å². The first-order valence-corrected chi connectivity index (χ1v) is 9.36. The fraction of sp³-hybridized carbons (Fsp3) is 0.824. The summed E-state index contributed by atoms with van der Waals surface area (Å²) in [4.78, 5) is 6.50. The Morgan fingerprint density at radius 1 is 1.15 bits per heavy atom. The van der Waals surface area contributed by atoms with Gasteiger partial charge >= 0.3 is 0 Å². The van der Waals surface area contributed by atoms with Gasteiger partial charge in [-0.25, -0.2) is 4.98 Å². The Labute approximate surface area is 128 Å². The Morgan fingerprint density at radius 2 is 1.95 bits per heavy atom. The van der Waals surface area contributed by atoms with Gasteiger partial charge in [0.25, 0.3) is 0 Å². The lowest BCUT2D eigenvalue weighted by atomic mass is 9.90. The lowest BCUT2D eigenvalue weighted by Gasteiger charge is -2.18. The van der Waals surface area contributed by atoms with E-state index < -0.39 is 0 Å². The van der Waals surface area contributed by atoms with Crippen LogP contribution in [0.2, 0.25) is 0 Å². The van der Waals surface area contributed by atoms with E-state index in [1.165, 1.54) is 66.9 Å². The van der Waals surface area contributed by atoms with Crippen LogP contribution < -0.4 is 5.32 Å². The highest BCUT2D eigenvalue weighted by atomic mass is 32.1. The molecule has 1 aliphatic rings. The van der Waals surface area contributed by atoms with Gasteiger partial charge < -0.3 is 5.32 Å². The normalized spacial score (nSPS) is 16.7. The number of nitrogens with one attached hydrogen (secondary N) is 1. The smallest absolute Gasteiger partial charge is 0.0962 e. The zero-order chi connectivity index (χ0) is 14.2. The number of aryl methyl sites for hydroxylation is 1. The Balaban J connectivity index is 1.98. The molecule has 1 saturated carbocycles. The number of aromatic nitrogens is 1. The number of hydrogen-bond donors (Lipinski definition) is 1. The van der Waals surface area contributed by atoms with Gasteiger partial charge in [-0.1, -0.05) is 46.0 Å². The molecule has 2 nitrogen and oxygen atoms in total. The predicted molar refractivity (Wildman–Crippen MR) is 88.5 cm³/mol. The number of nitrogens with zero attached hydrogens (tertiary/aromatic N) is 1. The fourth-order valence-corrected chi connectivity index (χ4v) is 4.25. The average molecular weight is 295 g/mol. The molecular formula is C17H30N2S. The second-order valence-corrected chi connectivity index (χ2v) is 7.15. The monoisotopic (exact) mass is 294 g/mol. The summed E-state index contributed by atoms with van der Waals surface area (Å²) in [6.07, 6.45) is 11.8. The van der Waals surface area contributed by atoms with Gasteiger partial charge in [0, 0.05) is 17.3 Å². The minimum Gasteiger partial charge on any atom is -0.312 e. The molecule has 1 fully saturated rings. The van der Waals surface area contributed by atoms with Gasteiger partial charge in [0.2, 0.25) is 0 Å². The van der Waals surface area contributed by atoms with Crippen molar-refractivity contribution in [1.82, 2.24) is 10.3 Å². The molecule has 114 valence electrons. The molecule has 0 spiro atoms. The maximum atomic E-state index is 5.00. The summed E-state index contributed by atoms with van der Waals surface area (Å²) in [5, 5.41) is 5.02. The Morgan fingerprint density at radius 3 is 2.65 bits per heavy atom. The third-order valence-corrected chi connectivity index (χ3v) is 5.49. The third-order valence-electron chi connectivity index (χ3n) is 4.23. The molecule has 1 N–H and O–H groups in total. The van der Waals surface area contributed by atoms with E-state index in [4.69, 9.17) is 4.98 Å². The predicted octanol–water partition coefficient (Wildman–Crippen LogP) is 5.03. The second kappa shape index (κ2) is 8.78. The Kier molecular flexibility index (Phi) is 7.01. The Hall–Kier alpha value is -0.410. The zero-order valence-electron chi connectivity index (χ0n) is 13.2. The van der Waals surface area contributed by atoms with E-state index in [9.17, 15) is 0 Å². The first-order chi connectivity index (χ1) is 9.85. The molecule has 1 aliphatic carbocycles. The van der Waals surface area contributed by atoms with E-state index in [1.54, 1.807) is 0 Å². The third kappa shape index (κ3) is 4.56. The number of thiazole rings is 1. The van der Waals surface area contributed by atoms with E-state index in [1.807, 2.05) is 11.3 Å². The van der Waals surface area contributed by atoms with Crippen LogP contribution in [-0.4, -0.2) is 11.5 Å². The summed E-state index contributed by atoms with van der Waals surface area (Å²) in [5.74, 6) is 0.758. The van der Waals surface area contributed by atoms with Crippen molar-refractivity contribution in [2.75, 3.05) is 6.54 Å². The molecule has 0 aromatic carbocycles. The number of rotatable bonds is 8. The van der Waals surface area contributed by atoms with Crippen LogP contribution in [-0.2, 0) is 13.0 Å². The first-order valence-electron chi connectivity index (χ1n) is 8.54. The minimum atomic E-state index is 0.758. The van der Waals surface area contributed by atoms with Crippen LogP contribution in [0.3, 0.4) is 0 Å². The van der Waals surface area contributed by atoms with Crippen molar-refractivity contribution in [1.29, 1.82) is 0 Å². The average Bonchev–Trinajstić information content (AvgIpc) is 2.88. The van der Waals surface area contributed by atoms with Crippen LogP contribution in [0.4, 0.5) is 0 Å². The molecule has 1 heterocycles. The number of hydrogen-bond acceptors (Lipinski definition) is 3. The van der Waals surface area contributed by atoms with E-state index in [0.717, 1.165) is 25.4 Å². The standard InChI is InChI=1S/C17H30N2S/c1-3-5-12-18-13-16-15(9-4-2)19-17(20-16)14-10-7-6-8-11-14/h14,18H,3-13H2,1-2H3. The quantitative estimate of drug-likeness (QED) is 0.680. The summed E-state index contributed by atoms with van der Waals surface area (Å²) in [5.41, 5.74) is 1.38. The van der Waals surface area contributed by atoms with Crippen LogP contribution in [0.1, 0.15) is 86.7 Å². The largest absolute Gasteiger partial charge is 0.312 e. The topological polar surface area (TPSA) is 24.9 Å². The summed E-state index contributed by atoms with van der Waals surface area (Å²) in [6, 6.07) is 0. The van der Waals surface area contributed by atoms with Gasteiger partial charge in [-0.2, -0.15) is 0 Å². The molecule has 0 amide bonds. The van der Waals surface area contributed by atoms with E-state index in [2.05, 4.69) is 19.2 Å². The lowest BCUT2D eigenvalue weighted by Crippen LogP contribution is -2.14. The van der Waals surface area contributed by atoms with E-state index in [0.29, 0.717) is 0 Å². The maximum Gasteiger partial charge on any atom is 0.0962 e. The van der Waals surface area contributed by atoms with Gasteiger partial charge in [-0.15, -0.1) is 11.3 Å². The minimum absolute atomic E-state index is 0.758. The second-order valence-electron chi connectivity index (χ2n) is 6.04. The van der Waals surface area contributed by atoms with Gasteiger partial charge in [0.1, 0.15) is 0 Å². The molecule has 1 aromatic rings. The summed E-state index contributed by atoms with van der Waals surface area (Å²) >= 11 is 1.99. The highest BCUT2D eigenvalue weighted by Gasteiger charge is 2.20. The highest BCUT2D eigenvalue weighted by Crippen LogP contribution is 2.36. The molecule has 3 heteroatoms. The molecule has 1 aromatic heterocycles. The Bertz CT molecular complexity index is 380. The van der Waals surface area contributed by atoms with Crippen LogP contribution in [0.5, 0.6) is 0 Å². The molecule has 0 unspecified atom stereocenters. The van der Waals surface area contributed by atoms with Crippen molar-refractivity contribution in [3.63, 3.8) is 0 Å². The van der Waals surface area contributed by atoms with Crippen LogP contribution in [0.15, 0.2) is 0 Å². The molecular weight excluding hydrogens is 264 g/mol. The molecule has 0 saturated heterocycles. The zero-order valence-corrected chi connectivity index (χ0v) is 14.0. The first kappa shape index (κ1) is 16.0. The molecule has 0 atom stereocenters. The maximum absolute atomic E-state index is 5.00. The van der Waals surface area contributed by atoms with E-state index >= 15 is 0 Å². The molecule has 0 bridgehead atoms. The molecule has 0 radical (unpaired) electrons. The molecule has 0 aliphatic heterocycles. The van der Waals surface area contributed by atoms with E-state index in [-0.39, 0.29) is 0 Å². The lowest BCUT2D eigenvalue weighted by molar-refractivity contribution is 0.442. The van der Waals surface area contributed by atoms with Crippen molar-refractivity contribution < 1.29 is 0 Å². The van der Waals surface area contributed by atoms with Gasteiger partial charge in [0.15, 0.2) is 0 Å². The van der Waals surface area contributed by atoms with Crippen LogP contribution in [0.25, 0.3) is 0 Å². The van der Waals surface area contributed by atoms with Crippen molar-refractivity contribution >= 4 is 11.3 Å². The highest BCUT2D eigenvalue weighted by molar-refractivity contribution is 7.11.